The molecule has 14 heavy (non-hydrogen) atoms. The number of thiol groups is 1. The van der Waals surface area contributed by atoms with Gasteiger partial charge in [-0.3, -0.25) is 0 Å². The van der Waals surface area contributed by atoms with Crippen molar-refractivity contribution in [3.05, 3.63) is 0 Å². The van der Waals surface area contributed by atoms with Crippen LogP contribution >= 0.6 is 12.6 Å². The molecule has 0 aromatic heterocycles. The molecule has 0 saturated heterocycles. The Kier molecular flexibility index (Phi) is 9.93. The lowest BCUT2D eigenvalue weighted by atomic mass is 10.2. The number of hydrogen-bond acceptors (Lipinski definition) is 4. The summed E-state index contributed by atoms with van der Waals surface area (Å²) in [6.45, 7) is 6.25. The Morgan fingerprint density at radius 3 is 2.21 bits per heavy atom. The number of ether oxygens (including phenoxy) is 2. The van der Waals surface area contributed by atoms with Crippen LogP contribution in [0.1, 0.15) is 26.7 Å². The fraction of sp³-hybridized carbons (Fsp3) is 1.00. The number of rotatable bonds is 9. The monoisotopic (exact) mass is 221 g/mol. The van der Waals surface area contributed by atoms with Gasteiger partial charge in [0.05, 0.1) is 18.8 Å². The lowest BCUT2D eigenvalue weighted by molar-refractivity contribution is 0.0142. The highest BCUT2D eigenvalue weighted by atomic mass is 32.1. The maximum Gasteiger partial charge on any atom is 0.0569 e. The summed E-state index contributed by atoms with van der Waals surface area (Å²) in [6.07, 6.45) is 2.37. The molecule has 0 aliphatic heterocycles. The molecule has 0 rings (SSSR count). The lowest BCUT2D eigenvalue weighted by Gasteiger charge is -2.15. The Labute approximate surface area is 92.7 Å². The van der Waals surface area contributed by atoms with Crippen molar-refractivity contribution in [2.45, 2.75) is 38.9 Å². The van der Waals surface area contributed by atoms with E-state index in [9.17, 15) is 0 Å². The Hall–Kier alpha value is 0.230. The Balaban J connectivity index is 3.25. The van der Waals surface area contributed by atoms with Gasteiger partial charge >= 0.3 is 0 Å². The molecule has 0 aromatic rings. The average molecular weight is 221 g/mol. The summed E-state index contributed by atoms with van der Waals surface area (Å²) in [5.41, 5.74) is 5.41. The molecule has 2 atom stereocenters. The predicted molar refractivity (Wildman–Crippen MR) is 63.0 cm³/mol. The number of nitrogens with two attached hydrogens (primary N) is 1. The summed E-state index contributed by atoms with van der Waals surface area (Å²) < 4.78 is 11.0. The standard InChI is InChI=1S/C10H23NO2S/c1-9(3-5-11)12-6-4-10(2)13-7-8-14/h9-10,14H,3-8,11H2,1-2H3. The molecule has 0 spiro atoms. The highest BCUT2D eigenvalue weighted by molar-refractivity contribution is 7.80. The zero-order valence-corrected chi connectivity index (χ0v) is 10.1. The van der Waals surface area contributed by atoms with Crippen LogP contribution in [-0.4, -0.2) is 37.7 Å². The van der Waals surface area contributed by atoms with Crippen molar-refractivity contribution in [1.82, 2.24) is 0 Å². The quantitative estimate of drug-likeness (QED) is 0.579. The first-order valence-corrected chi connectivity index (χ1v) is 5.88. The molecule has 0 aliphatic rings. The highest BCUT2D eigenvalue weighted by Gasteiger charge is 2.04. The molecule has 0 radical (unpaired) electrons. The van der Waals surface area contributed by atoms with Crippen LogP contribution in [0.15, 0.2) is 0 Å². The van der Waals surface area contributed by atoms with Crippen molar-refractivity contribution in [1.29, 1.82) is 0 Å². The van der Waals surface area contributed by atoms with Gasteiger partial charge in [-0.25, -0.2) is 0 Å². The van der Waals surface area contributed by atoms with Gasteiger partial charge in [0, 0.05) is 12.4 Å². The normalized spacial score (nSPS) is 15.4. The van der Waals surface area contributed by atoms with E-state index in [4.69, 9.17) is 15.2 Å². The first-order chi connectivity index (χ1) is 6.70. The topological polar surface area (TPSA) is 44.5 Å². The molecule has 4 heteroatoms. The van der Waals surface area contributed by atoms with Gasteiger partial charge in [0.15, 0.2) is 0 Å². The number of hydrogen-bond donors (Lipinski definition) is 2. The summed E-state index contributed by atoms with van der Waals surface area (Å²) in [5.74, 6) is 0.773. The molecule has 0 aromatic carbocycles. The molecule has 2 N–H and O–H groups in total. The van der Waals surface area contributed by atoms with Crippen LogP contribution in [0.4, 0.5) is 0 Å². The minimum Gasteiger partial charge on any atom is -0.378 e. The van der Waals surface area contributed by atoms with Crippen molar-refractivity contribution in [2.75, 3.05) is 25.5 Å². The second kappa shape index (κ2) is 9.77. The van der Waals surface area contributed by atoms with Crippen molar-refractivity contribution in [2.24, 2.45) is 5.73 Å². The summed E-state index contributed by atoms with van der Waals surface area (Å²) >= 11 is 4.08. The molecule has 0 aliphatic carbocycles. The largest absolute Gasteiger partial charge is 0.378 e. The van der Waals surface area contributed by atoms with Crippen LogP contribution in [0, 0.1) is 0 Å². The molecule has 2 unspecified atom stereocenters. The molecule has 0 heterocycles. The molecule has 0 bridgehead atoms. The molecule has 86 valence electrons. The summed E-state index contributed by atoms with van der Waals surface area (Å²) in [5, 5.41) is 0. The Morgan fingerprint density at radius 1 is 1.07 bits per heavy atom. The van der Waals surface area contributed by atoms with Crippen molar-refractivity contribution in [3.63, 3.8) is 0 Å². The Morgan fingerprint density at radius 2 is 1.64 bits per heavy atom. The fourth-order valence-corrected chi connectivity index (χ4v) is 1.20. The first kappa shape index (κ1) is 14.2. The maximum absolute atomic E-state index is 5.55. The van der Waals surface area contributed by atoms with E-state index in [1.165, 1.54) is 0 Å². The van der Waals surface area contributed by atoms with Gasteiger partial charge in [-0.15, -0.1) is 0 Å². The third-order valence-electron chi connectivity index (χ3n) is 1.99. The second-order valence-electron chi connectivity index (χ2n) is 3.45. The van der Waals surface area contributed by atoms with Gasteiger partial charge < -0.3 is 15.2 Å². The SMILES string of the molecule is CC(CCN)OCCC(C)OCCS. The highest BCUT2D eigenvalue weighted by Crippen LogP contribution is 2.01. The van der Waals surface area contributed by atoms with E-state index >= 15 is 0 Å². The van der Waals surface area contributed by atoms with E-state index in [-0.39, 0.29) is 12.2 Å². The van der Waals surface area contributed by atoms with Crippen LogP contribution < -0.4 is 5.73 Å². The fourth-order valence-electron chi connectivity index (χ4n) is 1.09. The van der Waals surface area contributed by atoms with Gasteiger partial charge in [-0.05, 0) is 33.2 Å². The van der Waals surface area contributed by atoms with Gasteiger partial charge in [0.2, 0.25) is 0 Å². The Bertz CT molecular complexity index is 125. The smallest absolute Gasteiger partial charge is 0.0569 e. The van der Waals surface area contributed by atoms with Gasteiger partial charge in [0.25, 0.3) is 0 Å². The van der Waals surface area contributed by atoms with E-state index in [1.54, 1.807) is 0 Å². The van der Waals surface area contributed by atoms with Crippen LogP contribution in [-0.2, 0) is 9.47 Å². The first-order valence-electron chi connectivity index (χ1n) is 5.24. The second-order valence-corrected chi connectivity index (χ2v) is 3.90. The molecular formula is C10H23NO2S. The molecule has 0 saturated carbocycles. The average Bonchev–Trinajstić information content (AvgIpc) is 2.15. The molecule has 0 amide bonds. The summed E-state index contributed by atoms with van der Waals surface area (Å²) in [7, 11) is 0. The van der Waals surface area contributed by atoms with Crippen LogP contribution in [0.25, 0.3) is 0 Å². The van der Waals surface area contributed by atoms with E-state index in [1.807, 2.05) is 6.92 Å². The minimum absolute atomic E-state index is 0.257. The third kappa shape index (κ3) is 8.81. The van der Waals surface area contributed by atoms with E-state index in [0.717, 1.165) is 25.2 Å². The van der Waals surface area contributed by atoms with E-state index in [2.05, 4.69) is 19.6 Å². The maximum atomic E-state index is 5.55. The minimum atomic E-state index is 0.257. The van der Waals surface area contributed by atoms with Gasteiger partial charge in [-0.1, -0.05) is 0 Å². The molecule has 3 nitrogen and oxygen atoms in total. The third-order valence-corrected chi connectivity index (χ3v) is 2.18. The summed E-state index contributed by atoms with van der Waals surface area (Å²) in [4.78, 5) is 0. The van der Waals surface area contributed by atoms with Crippen LogP contribution in [0.2, 0.25) is 0 Å². The zero-order valence-electron chi connectivity index (χ0n) is 9.24. The van der Waals surface area contributed by atoms with Gasteiger partial charge in [-0.2, -0.15) is 12.6 Å². The van der Waals surface area contributed by atoms with Crippen molar-refractivity contribution in [3.8, 4) is 0 Å². The van der Waals surface area contributed by atoms with Crippen molar-refractivity contribution < 1.29 is 9.47 Å². The predicted octanol–water partition coefficient (Wildman–Crippen LogP) is 1.47. The van der Waals surface area contributed by atoms with Crippen LogP contribution in [0.3, 0.4) is 0 Å². The van der Waals surface area contributed by atoms with E-state index < -0.39 is 0 Å². The summed E-state index contributed by atoms with van der Waals surface area (Å²) in [6, 6.07) is 0. The molecular weight excluding hydrogens is 198 g/mol. The van der Waals surface area contributed by atoms with Crippen LogP contribution in [0.5, 0.6) is 0 Å². The van der Waals surface area contributed by atoms with Crippen molar-refractivity contribution >= 4 is 12.6 Å². The zero-order chi connectivity index (χ0) is 10.8. The molecule has 0 fully saturated rings. The van der Waals surface area contributed by atoms with E-state index in [0.29, 0.717) is 13.2 Å². The lowest BCUT2D eigenvalue weighted by Crippen LogP contribution is -2.18. The van der Waals surface area contributed by atoms with Gasteiger partial charge in [0.1, 0.15) is 0 Å².